The van der Waals surface area contributed by atoms with Crippen LogP contribution in [0.1, 0.15) is 43.6 Å². The fourth-order valence-corrected chi connectivity index (χ4v) is 4.78. The van der Waals surface area contributed by atoms with Gasteiger partial charge in [-0.05, 0) is 61.3 Å². The van der Waals surface area contributed by atoms with Gasteiger partial charge in [-0.2, -0.15) is 4.98 Å². The molecule has 5 rings (SSSR count). The molecule has 1 aliphatic carbocycles. The Hall–Kier alpha value is -3.74. The Bertz CT molecular complexity index is 1270. The van der Waals surface area contributed by atoms with E-state index in [2.05, 4.69) is 44.2 Å². The summed E-state index contributed by atoms with van der Waals surface area (Å²) >= 11 is 0. The Balaban J connectivity index is 1.25. The number of methoxy groups -OCH3 is 2. The smallest absolute Gasteiger partial charge is 0.305 e. The lowest BCUT2D eigenvalue weighted by Gasteiger charge is -2.28. The normalized spacial score (nSPS) is 18.1. The second kappa shape index (κ2) is 9.63. The first-order valence-corrected chi connectivity index (χ1v) is 11.7. The van der Waals surface area contributed by atoms with Crippen LogP contribution in [0.3, 0.4) is 0 Å². The lowest BCUT2D eigenvalue weighted by Crippen LogP contribution is -2.17. The summed E-state index contributed by atoms with van der Waals surface area (Å²) in [6.45, 7) is 0. The molecule has 7 nitrogen and oxygen atoms in total. The lowest BCUT2D eigenvalue weighted by molar-refractivity contribution is -0.142. The van der Waals surface area contributed by atoms with Crippen molar-refractivity contribution >= 4 is 17.1 Å². The largest absolute Gasteiger partial charge is 0.481 e. The van der Waals surface area contributed by atoms with Crippen LogP contribution in [0, 0.1) is 5.92 Å². The molecule has 174 valence electrons. The minimum absolute atomic E-state index is 0.0939. The van der Waals surface area contributed by atoms with Crippen LogP contribution in [0.5, 0.6) is 5.88 Å². The number of hydrogen-bond acceptors (Lipinski definition) is 6. The predicted octanol–water partition coefficient (Wildman–Crippen LogP) is 5.53. The zero-order valence-corrected chi connectivity index (χ0v) is 19.5. The van der Waals surface area contributed by atoms with E-state index in [4.69, 9.17) is 9.47 Å². The van der Waals surface area contributed by atoms with Crippen molar-refractivity contribution in [3.05, 3.63) is 60.3 Å². The van der Waals surface area contributed by atoms with E-state index in [0.29, 0.717) is 29.8 Å². The van der Waals surface area contributed by atoms with E-state index in [1.807, 2.05) is 24.4 Å². The Labute approximate surface area is 198 Å². The van der Waals surface area contributed by atoms with Crippen molar-refractivity contribution in [2.75, 3.05) is 14.2 Å². The van der Waals surface area contributed by atoms with Crippen molar-refractivity contribution < 1.29 is 14.3 Å². The molecule has 0 amide bonds. The number of esters is 1. The quantitative estimate of drug-likeness (QED) is 0.384. The number of pyridine rings is 2. The van der Waals surface area contributed by atoms with E-state index < -0.39 is 0 Å². The molecule has 0 aliphatic heterocycles. The molecule has 0 unspecified atom stereocenters. The average Bonchev–Trinajstić information content (AvgIpc) is 3.33. The van der Waals surface area contributed by atoms with Crippen LogP contribution in [0.4, 0.5) is 0 Å². The zero-order valence-electron chi connectivity index (χ0n) is 19.5. The first-order chi connectivity index (χ1) is 16.6. The van der Waals surface area contributed by atoms with Gasteiger partial charge in [-0.25, -0.2) is 4.98 Å². The van der Waals surface area contributed by atoms with Crippen LogP contribution in [0.25, 0.3) is 33.8 Å². The number of aromatic nitrogens is 4. The van der Waals surface area contributed by atoms with Crippen LogP contribution < -0.4 is 4.74 Å². The molecule has 1 saturated carbocycles. The van der Waals surface area contributed by atoms with Gasteiger partial charge in [0.15, 0.2) is 5.65 Å². The number of ether oxygens (including phenoxy) is 2. The number of H-pyrrole nitrogens is 1. The Morgan fingerprint density at radius 3 is 2.38 bits per heavy atom. The van der Waals surface area contributed by atoms with Gasteiger partial charge in [-0.3, -0.25) is 9.78 Å². The molecule has 1 fully saturated rings. The molecule has 0 bridgehead atoms. The average molecular weight is 457 g/mol. The second-order valence-electron chi connectivity index (χ2n) is 8.86. The summed E-state index contributed by atoms with van der Waals surface area (Å²) in [5, 5.41) is 0. The summed E-state index contributed by atoms with van der Waals surface area (Å²) in [5.41, 5.74) is 5.75. The van der Waals surface area contributed by atoms with E-state index in [1.165, 1.54) is 12.7 Å². The summed E-state index contributed by atoms with van der Waals surface area (Å²) in [7, 11) is 3.06. The van der Waals surface area contributed by atoms with Gasteiger partial charge in [0.25, 0.3) is 0 Å². The maximum atomic E-state index is 11.5. The summed E-state index contributed by atoms with van der Waals surface area (Å²) in [6, 6.07) is 16.5. The highest BCUT2D eigenvalue weighted by atomic mass is 16.5. The van der Waals surface area contributed by atoms with Gasteiger partial charge in [0, 0.05) is 29.8 Å². The van der Waals surface area contributed by atoms with Crippen LogP contribution in [-0.2, 0) is 9.53 Å². The molecule has 3 heterocycles. The molecule has 0 atom stereocenters. The highest BCUT2D eigenvalue weighted by Crippen LogP contribution is 2.37. The molecule has 1 aromatic carbocycles. The predicted molar refractivity (Wildman–Crippen MR) is 130 cm³/mol. The first-order valence-electron chi connectivity index (χ1n) is 11.7. The van der Waals surface area contributed by atoms with Crippen LogP contribution >= 0.6 is 0 Å². The first kappa shape index (κ1) is 22.1. The maximum absolute atomic E-state index is 11.5. The fourth-order valence-electron chi connectivity index (χ4n) is 4.78. The summed E-state index contributed by atoms with van der Waals surface area (Å²) in [6.07, 6.45) is 6.77. The van der Waals surface area contributed by atoms with Gasteiger partial charge in [0.05, 0.1) is 19.9 Å². The Kier molecular flexibility index (Phi) is 6.25. The van der Waals surface area contributed by atoms with E-state index in [9.17, 15) is 4.79 Å². The lowest BCUT2D eigenvalue weighted by atomic mass is 9.77. The number of nitrogens with one attached hydrogen (secondary N) is 1. The summed E-state index contributed by atoms with van der Waals surface area (Å²) < 4.78 is 10.0. The van der Waals surface area contributed by atoms with Crippen molar-refractivity contribution in [1.29, 1.82) is 0 Å². The molecule has 0 radical (unpaired) electrons. The topological polar surface area (TPSA) is 90.0 Å². The maximum Gasteiger partial charge on any atom is 0.305 e. The van der Waals surface area contributed by atoms with Crippen LogP contribution in [0.15, 0.2) is 54.7 Å². The van der Waals surface area contributed by atoms with Crippen molar-refractivity contribution in [3.8, 4) is 28.5 Å². The Morgan fingerprint density at radius 2 is 1.71 bits per heavy atom. The van der Waals surface area contributed by atoms with Crippen molar-refractivity contribution in [1.82, 2.24) is 19.9 Å². The molecule has 4 aromatic rings. The molecule has 7 heteroatoms. The summed E-state index contributed by atoms with van der Waals surface area (Å²) in [4.78, 5) is 28.4. The standard InChI is InChI=1S/C27H28N4O3/c1-33-24-14-13-23-27(30-24)31-26(29-23)21-11-12-22(28-16-21)20-9-7-19(8-10-20)18-5-3-17(4-6-18)15-25(32)34-2/h7-14,16-18H,3-6,15H2,1-2H3,(H,29,30,31). The molecule has 34 heavy (non-hydrogen) atoms. The molecular weight excluding hydrogens is 428 g/mol. The second-order valence-corrected chi connectivity index (χ2v) is 8.86. The molecule has 0 saturated heterocycles. The highest BCUT2D eigenvalue weighted by Gasteiger charge is 2.24. The SMILES string of the molecule is COC(=O)CC1CCC(c2ccc(-c3ccc(-c4nc5ccc(OC)nc5[nH]4)cn3)cc2)CC1. The monoisotopic (exact) mass is 456 g/mol. The van der Waals surface area contributed by atoms with Gasteiger partial charge < -0.3 is 14.5 Å². The van der Waals surface area contributed by atoms with Crippen LogP contribution in [-0.4, -0.2) is 40.1 Å². The third kappa shape index (κ3) is 4.64. The number of nitrogens with zero attached hydrogens (tertiary/aromatic N) is 3. The molecule has 0 spiro atoms. The van der Waals surface area contributed by atoms with Gasteiger partial charge in [0.2, 0.25) is 5.88 Å². The number of hydrogen-bond donors (Lipinski definition) is 1. The third-order valence-corrected chi connectivity index (χ3v) is 6.77. The van der Waals surface area contributed by atoms with Crippen LogP contribution in [0.2, 0.25) is 0 Å². The molecule has 1 aliphatic rings. The highest BCUT2D eigenvalue weighted by molar-refractivity contribution is 5.76. The third-order valence-electron chi connectivity index (χ3n) is 6.77. The van der Waals surface area contributed by atoms with E-state index in [-0.39, 0.29) is 5.97 Å². The minimum Gasteiger partial charge on any atom is -0.481 e. The number of benzene rings is 1. The van der Waals surface area contributed by atoms with Crippen molar-refractivity contribution in [2.45, 2.75) is 38.0 Å². The number of carbonyl (C=O) groups excluding carboxylic acids is 1. The summed E-state index contributed by atoms with van der Waals surface area (Å²) in [5.74, 6) is 2.19. The Morgan fingerprint density at radius 1 is 0.941 bits per heavy atom. The fraction of sp³-hybridized carbons (Fsp3) is 0.333. The van der Waals surface area contributed by atoms with Gasteiger partial charge in [0.1, 0.15) is 11.3 Å². The number of aromatic amines is 1. The number of fused-ring (bicyclic) bond motifs is 1. The molecular formula is C27H28N4O3. The van der Waals surface area contributed by atoms with E-state index >= 15 is 0 Å². The van der Waals surface area contributed by atoms with Gasteiger partial charge in [-0.15, -0.1) is 0 Å². The molecule has 1 N–H and O–H groups in total. The number of carbonyl (C=O) groups is 1. The van der Waals surface area contributed by atoms with Crippen molar-refractivity contribution in [3.63, 3.8) is 0 Å². The number of rotatable bonds is 6. The van der Waals surface area contributed by atoms with E-state index in [0.717, 1.165) is 53.8 Å². The zero-order chi connectivity index (χ0) is 23.5. The van der Waals surface area contributed by atoms with Gasteiger partial charge >= 0.3 is 5.97 Å². The van der Waals surface area contributed by atoms with E-state index in [1.54, 1.807) is 13.2 Å². The molecule has 3 aromatic heterocycles. The van der Waals surface area contributed by atoms with Gasteiger partial charge in [-0.1, -0.05) is 24.3 Å². The minimum atomic E-state index is -0.0939. The van der Waals surface area contributed by atoms with Crippen molar-refractivity contribution in [2.24, 2.45) is 5.92 Å². The number of imidazole rings is 1.